The molecule has 0 amide bonds. The smallest absolute Gasteiger partial charge is 0.141 e. The molecule has 1 aromatic carbocycles. The average Bonchev–Trinajstić information content (AvgIpc) is 3.32. The topological polar surface area (TPSA) is 59.4 Å². The van der Waals surface area contributed by atoms with Crippen LogP contribution in [0.4, 0.5) is 0 Å². The SMILES string of the molecule is CCC(c1ccc(SC)cc1)n1cc(-c2ncnc3[nH]ccc23)cn1. The Hall–Kier alpha value is -2.60. The van der Waals surface area contributed by atoms with E-state index >= 15 is 0 Å². The first-order valence-corrected chi connectivity index (χ1v) is 9.49. The maximum atomic E-state index is 4.61. The van der Waals surface area contributed by atoms with Crippen LogP contribution in [-0.2, 0) is 0 Å². The predicted molar refractivity (Wildman–Crippen MR) is 102 cm³/mol. The van der Waals surface area contributed by atoms with Crippen LogP contribution in [0.2, 0.25) is 0 Å². The van der Waals surface area contributed by atoms with Crippen LogP contribution in [0.3, 0.4) is 0 Å². The number of benzene rings is 1. The van der Waals surface area contributed by atoms with E-state index in [1.54, 1.807) is 18.1 Å². The van der Waals surface area contributed by atoms with E-state index in [0.29, 0.717) is 0 Å². The highest BCUT2D eigenvalue weighted by atomic mass is 32.2. The molecule has 4 rings (SSSR count). The summed E-state index contributed by atoms with van der Waals surface area (Å²) in [5, 5.41) is 5.63. The summed E-state index contributed by atoms with van der Waals surface area (Å²) in [7, 11) is 0. The quantitative estimate of drug-likeness (QED) is 0.537. The van der Waals surface area contributed by atoms with Crippen LogP contribution < -0.4 is 0 Å². The number of aromatic nitrogens is 5. The second kappa shape index (κ2) is 6.72. The Morgan fingerprint density at radius 3 is 2.76 bits per heavy atom. The van der Waals surface area contributed by atoms with E-state index in [4.69, 9.17) is 0 Å². The molecule has 0 aliphatic heterocycles. The maximum Gasteiger partial charge on any atom is 0.141 e. The number of nitrogens with one attached hydrogen (secondary N) is 1. The molecule has 4 aromatic rings. The Labute approximate surface area is 150 Å². The maximum absolute atomic E-state index is 4.61. The highest BCUT2D eigenvalue weighted by Crippen LogP contribution is 2.28. The van der Waals surface area contributed by atoms with Gasteiger partial charge in [0.15, 0.2) is 0 Å². The molecular formula is C19H19N5S. The molecule has 0 saturated carbocycles. The lowest BCUT2D eigenvalue weighted by Gasteiger charge is -2.16. The lowest BCUT2D eigenvalue weighted by atomic mass is 10.1. The van der Waals surface area contributed by atoms with Gasteiger partial charge in [0, 0.05) is 28.2 Å². The molecule has 0 saturated heterocycles. The molecule has 25 heavy (non-hydrogen) atoms. The van der Waals surface area contributed by atoms with Crippen molar-refractivity contribution in [1.82, 2.24) is 24.7 Å². The number of H-pyrrole nitrogens is 1. The van der Waals surface area contributed by atoms with Crippen molar-refractivity contribution in [3.8, 4) is 11.3 Å². The summed E-state index contributed by atoms with van der Waals surface area (Å²) >= 11 is 1.76. The molecule has 0 bridgehead atoms. The molecule has 3 heterocycles. The van der Waals surface area contributed by atoms with Gasteiger partial charge in [0.2, 0.25) is 0 Å². The zero-order valence-corrected chi connectivity index (χ0v) is 15.0. The molecule has 126 valence electrons. The normalized spacial score (nSPS) is 12.6. The predicted octanol–water partition coefficient (Wildman–Crippen LogP) is 4.54. The van der Waals surface area contributed by atoms with E-state index in [-0.39, 0.29) is 6.04 Å². The molecule has 0 aliphatic carbocycles. The van der Waals surface area contributed by atoms with Crippen molar-refractivity contribution in [3.05, 3.63) is 60.8 Å². The van der Waals surface area contributed by atoms with Crippen LogP contribution in [0.25, 0.3) is 22.3 Å². The van der Waals surface area contributed by atoms with E-state index in [2.05, 4.69) is 63.7 Å². The number of nitrogens with zero attached hydrogens (tertiary/aromatic N) is 4. The number of hydrogen-bond acceptors (Lipinski definition) is 4. The lowest BCUT2D eigenvalue weighted by molar-refractivity contribution is 0.509. The standard InChI is InChI=1S/C19H19N5S/c1-3-17(13-4-6-15(25-2)7-5-13)24-11-14(10-23-24)18-16-8-9-20-19(16)22-12-21-18/h4-12,17H,3H2,1-2H3,(H,20,21,22). The van der Waals surface area contributed by atoms with Gasteiger partial charge in [-0.15, -0.1) is 11.8 Å². The largest absolute Gasteiger partial charge is 0.346 e. The van der Waals surface area contributed by atoms with Crippen molar-refractivity contribution in [2.24, 2.45) is 0 Å². The monoisotopic (exact) mass is 349 g/mol. The fourth-order valence-electron chi connectivity index (χ4n) is 3.13. The third kappa shape index (κ3) is 2.93. The molecule has 5 nitrogen and oxygen atoms in total. The highest BCUT2D eigenvalue weighted by Gasteiger charge is 2.15. The van der Waals surface area contributed by atoms with Gasteiger partial charge in [-0.25, -0.2) is 9.97 Å². The first-order chi connectivity index (χ1) is 12.3. The molecule has 1 atom stereocenters. The fourth-order valence-corrected chi connectivity index (χ4v) is 3.54. The van der Waals surface area contributed by atoms with Crippen molar-refractivity contribution in [3.63, 3.8) is 0 Å². The summed E-state index contributed by atoms with van der Waals surface area (Å²) in [5.74, 6) is 0. The second-order valence-electron chi connectivity index (χ2n) is 5.87. The van der Waals surface area contributed by atoms with Gasteiger partial charge < -0.3 is 4.98 Å². The summed E-state index contributed by atoms with van der Waals surface area (Å²) in [5.41, 5.74) is 4.03. The van der Waals surface area contributed by atoms with Gasteiger partial charge in [0.1, 0.15) is 12.0 Å². The fraction of sp³-hybridized carbons (Fsp3) is 0.211. The van der Waals surface area contributed by atoms with E-state index in [0.717, 1.165) is 28.7 Å². The molecule has 1 N–H and O–H groups in total. The van der Waals surface area contributed by atoms with Crippen molar-refractivity contribution >= 4 is 22.8 Å². The second-order valence-corrected chi connectivity index (χ2v) is 6.75. The van der Waals surface area contributed by atoms with Gasteiger partial charge >= 0.3 is 0 Å². The van der Waals surface area contributed by atoms with Crippen LogP contribution in [0.5, 0.6) is 0 Å². The van der Waals surface area contributed by atoms with Crippen LogP contribution in [0.1, 0.15) is 24.9 Å². The first kappa shape index (κ1) is 15.9. The third-order valence-electron chi connectivity index (χ3n) is 4.44. The summed E-state index contributed by atoms with van der Waals surface area (Å²) in [4.78, 5) is 13.1. The van der Waals surface area contributed by atoms with Gasteiger partial charge in [-0.05, 0) is 36.4 Å². The van der Waals surface area contributed by atoms with E-state index in [1.165, 1.54) is 10.5 Å². The zero-order valence-electron chi connectivity index (χ0n) is 14.2. The molecule has 3 aromatic heterocycles. The van der Waals surface area contributed by atoms with Crippen molar-refractivity contribution < 1.29 is 0 Å². The molecule has 0 spiro atoms. The van der Waals surface area contributed by atoms with Crippen LogP contribution in [0.15, 0.2) is 60.1 Å². The summed E-state index contributed by atoms with van der Waals surface area (Å²) < 4.78 is 2.03. The minimum Gasteiger partial charge on any atom is -0.346 e. The van der Waals surface area contributed by atoms with Crippen molar-refractivity contribution in [2.75, 3.05) is 6.26 Å². The van der Waals surface area contributed by atoms with Gasteiger partial charge in [-0.1, -0.05) is 19.1 Å². The number of aromatic amines is 1. The molecule has 1 unspecified atom stereocenters. The third-order valence-corrected chi connectivity index (χ3v) is 5.18. The first-order valence-electron chi connectivity index (χ1n) is 8.26. The Morgan fingerprint density at radius 2 is 2.00 bits per heavy atom. The number of hydrogen-bond donors (Lipinski definition) is 1. The van der Waals surface area contributed by atoms with Crippen molar-refractivity contribution in [2.45, 2.75) is 24.3 Å². The van der Waals surface area contributed by atoms with E-state index in [1.807, 2.05) is 23.1 Å². The molecule has 0 aliphatic rings. The van der Waals surface area contributed by atoms with Crippen molar-refractivity contribution in [1.29, 1.82) is 0 Å². The Morgan fingerprint density at radius 1 is 1.16 bits per heavy atom. The molecule has 0 fully saturated rings. The summed E-state index contributed by atoms with van der Waals surface area (Å²) in [6, 6.07) is 10.9. The zero-order chi connectivity index (χ0) is 17.2. The summed E-state index contributed by atoms with van der Waals surface area (Å²) in [6.45, 7) is 2.18. The number of thioether (sulfide) groups is 1. The molecule has 6 heteroatoms. The van der Waals surface area contributed by atoms with E-state index in [9.17, 15) is 0 Å². The number of fused-ring (bicyclic) bond motifs is 1. The highest BCUT2D eigenvalue weighted by molar-refractivity contribution is 7.98. The van der Waals surface area contributed by atoms with Crippen LogP contribution in [-0.4, -0.2) is 31.0 Å². The van der Waals surface area contributed by atoms with Gasteiger partial charge in [-0.3, -0.25) is 4.68 Å². The molecule has 0 radical (unpaired) electrons. The average molecular weight is 349 g/mol. The summed E-state index contributed by atoms with van der Waals surface area (Å²) in [6.07, 6.45) is 10.5. The van der Waals surface area contributed by atoms with Crippen LogP contribution in [0, 0.1) is 0 Å². The Bertz CT molecular complexity index is 986. The van der Waals surface area contributed by atoms with Gasteiger partial charge in [-0.2, -0.15) is 5.10 Å². The van der Waals surface area contributed by atoms with Gasteiger partial charge in [0.05, 0.1) is 17.9 Å². The minimum atomic E-state index is 0.216. The lowest BCUT2D eigenvalue weighted by Crippen LogP contribution is -2.10. The minimum absolute atomic E-state index is 0.216. The van der Waals surface area contributed by atoms with Crippen LogP contribution >= 0.6 is 11.8 Å². The molecular weight excluding hydrogens is 330 g/mol. The Balaban J connectivity index is 1.70. The van der Waals surface area contributed by atoms with Gasteiger partial charge in [0.25, 0.3) is 0 Å². The Kier molecular flexibility index (Phi) is 4.28. The number of rotatable bonds is 5. The van der Waals surface area contributed by atoms with E-state index < -0.39 is 0 Å².